The number of fused-ring (bicyclic) bond motifs is 6. The topological polar surface area (TPSA) is 414 Å². The minimum atomic E-state index is -3.47. The van der Waals surface area contributed by atoms with Crippen molar-refractivity contribution in [3.05, 3.63) is 68.8 Å². The predicted molar refractivity (Wildman–Crippen MR) is 353 cm³/mol. The summed E-state index contributed by atoms with van der Waals surface area (Å²) in [6.45, 7) is 10.6. The Balaban J connectivity index is 0.670. The van der Waals surface area contributed by atoms with Crippen LogP contribution in [0.3, 0.4) is 0 Å². The standard InChI is InChI=1S/C66H92N10O22S/c1-5-66(84)50-34-53-60-48(40-76(53)63(82)49(50)41-96-64(66)83)47(46-33-54-55(98-43-97-54)35-52(46)73-60)38-69-57(78)39-70-61(80)51(12-9-10-14-67)74-62(81)59(44(2)3)75-58(79)42-95-32-31-94-30-29-93-28-27-92-26-25-91-24-23-90-22-21-89-20-19-88-18-17-87-16-15-68-56(77)13-8-6-7-11-45-36-71-65(72-37-45)99(4,85)86/h33-37,44,51,59,84H,5-6,8-10,12-32,38-43,67H2,1-4H3,(H,68,77)(H,69,78)(H,70,80)(H,74,81)(H,75,79)/t51-,59-,66-/m0/s1. The molecule has 0 bridgehead atoms. The molecule has 32 nitrogen and oxygen atoms in total. The number of cyclic esters (lactones) is 1. The fourth-order valence-electron chi connectivity index (χ4n) is 10.4. The van der Waals surface area contributed by atoms with E-state index in [2.05, 4.69) is 48.4 Å². The number of aliphatic hydroxyl groups is 1. The van der Waals surface area contributed by atoms with Crippen molar-refractivity contribution in [2.75, 3.05) is 152 Å². The molecule has 99 heavy (non-hydrogen) atoms. The number of amides is 5. The third-order valence-corrected chi connectivity index (χ3v) is 16.6. The van der Waals surface area contributed by atoms with E-state index in [-0.39, 0.29) is 93.9 Å². The van der Waals surface area contributed by atoms with E-state index in [0.29, 0.717) is 188 Å². The fraction of sp³-hybridized carbons (Fsp3) is 0.606. The zero-order chi connectivity index (χ0) is 71.0. The lowest BCUT2D eigenvalue weighted by Gasteiger charge is -2.31. The number of pyridine rings is 2. The average molecular weight is 1410 g/mol. The first-order chi connectivity index (χ1) is 47.8. The van der Waals surface area contributed by atoms with Crippen LogP contribution in [0.1, 0.15) is 93.5 Å². The molecule has 4 aromatic rings. The Labute approximate surface area is 574 Å². The number of sulfone groups is 1. The van der Waals surface area contributed by atoms with E-state index in [0.717, 1.165) is 6.26 Å². The number of nitrogens with zero attached hydrogens (tertiary/aromatic N) is 4. The maximum atomic E-state index is 14.0. The zero-order valence-electron chi connectivity index (χ0n) is 56.5. The van der Waals surface area contributed by atoms with Crippen LogP contribution in [0.5, 0.6) is 11.5 Å². The molecule has 3 aromatic heterocycles. The summed E-state index contributed by atoms with van der Waals surface area (Å²) in [5.74, 6) is 2.98. The van der Waals surface area contributed by atoms with Crippen LogP contribution in [-0.4, -0.2) is 232 Å². The Morgan fingerprint density at radius 2 is 1.29 bits per heavy atom. The maximum Gasteiger partial charge on any atom is 0.343 e. The van der Waals surface area contributed by atoms with Gasteiger partial charge in [-0.25, -0.2) is 28.2 Å². The summed E-state index contributed by atoms with van der Waals surface area (Å²) in [5, 5.41) is 25.5. The van der Waals surface area contributed by atoms with E-state index in [1.54, 1.807) is 39.0 Å². The molecule has 0 unspecified atom stereocenters. The molecule has 6 heterocycles. The van der Waals surface area contributed by atoms with Gasteiger partial charge >= 0.3 is 5.97 Å². The molecule has 0 saturated carbocycles. The molecule has 544 valence electrons. The molecular formula is C66H92N10O22S. The van der Waals surface area contributed by atoms with Gasteiger partial charge < -0.3 is 98.8 Å². The number of carbonyl (C=O) groups excluding carboxylic acids is 6. The second kappa shape index (κ2) is 41.0. The highest BCUT2D eigenvalue weighted by molar-refractivity contribution is 7.90. The normalized spacial score (nSPS) is 14.9. The van der Waals surface area contributed by atoms with Crippen molar-refractivity contribution < 1.29 is 99.1 Å². The molecule has 1 aromatic carbocycles. The Kier molecular flexibility index (Phi) is 32.5. The lowest BCUT2D eigenvalue weighted by Crippen LogP contribution is -2.56. The second-order valence-electron chi connectivity index (χ2n) is 23.4. The van der Waals surface area contributed by atoms with E-state index in [1.807, 2.05) is 0 Å². The molecule has 3 aliphatic rings. The highest BCUT2D eigenvalue weighted by atomic mass is 32.2. The number of rotatable bonds is 47. The Morgan fingerprint density at radius 3 is 1.87 bits per heavy atom. The summed E-state index contributed by atoms with van der Waals surface area (Å²) in [6.07, 6.45) is 6.31. The molecule has 33 heteroatoms. The second-order valence-corrected chi connectivity index (χ2v) is 25.3. The van der Waals surface area contributed by atoms with E-state index < -0.39 is 69.2 Å². The summed E-state index contributed by atoms with van der Waals surface area (Å²) in [5.41, 5.74) is 6.54. The number of aromatic nitrogens is 4. The lowest BCUT2D eigenvalue weighted by atomic mass is 9.86. The minimum Gasteiger partial charge on any atom is -0.458 e. The van der Waals surface area contributed by atoms with E-state index >= 15 is 0 Å². The van der Waals surface area contributed by atoms with Crippen molar-refractivity contribution in [2.45, 2.75) is 108 Å². The number of unbranched alkanes of at least 4 members (excludes halogenated alkanes) is 2. The van der Waals surface area contributed by atoms with Crippen molar-refractivity contribution in [2.24, 2.45) is 11.7 Å². The van der Waals surface area contributed by atoms with Crippen molar-refractivity contribution in [3.8, 4) is 34.7 Å². The summed E-state index contributed by atoms with van der Waals surface area (Å²) in [4.78, 5) is 105. The molecule has 0 radical (unpaired) electrons. The number of esters is 1. The molecule has 8 N–H and O–H groups in total. The SMILES string of the molecule is CC[C@@]1(O)C(=O)OCc2c1cc1n(c2=O)Cc2c-1nc1cc3c(cc1c2CNC(=O)CNC(=O)[C@H](CCCCN)NC(=O)[C@@H](NC(=O)COCCOCCOCCOCCOCCOCCOCCOCCOCCNC(=O)CCCC#Cc1cnc(S(C)(=O)=O)nc1)C(C)C)OCO3. The highest BCUT2D eigenvalue weighted by Crippen LogP contribution is 2.43. The highest BCUT2D eigenvalue weighted by Gasteiger charge is 2.46. The first kappa shape index (κ1) is 78.5. The van der Waals surface area contributed by atoms with Crippen LogP contribution in [0.4, 0.5) is 0 Å². The molecule has 0 spiro atoms. The Bertz CT molecular complexity index is 3590. The van der Waals surface area contributed by atoms with Gasteiger partial charge in [0.2, 0.25) is 51.3 Å². The lowest BCUT2D eigenvalue weighted by molar-refractivity contribution is -0.172. The number of carbonyl (C=O) groups is 6. The van der Waals surface area contributed by atoms with Gasteiger partial charge in [-0.05, 0) is 62.3 Å². The van der Waals surface area contributed by atoms with Gasteiger partial charge in [0.1, 0.15) is 25.3 Å². The Hall–Kier alpha value is -7.85. The van der Waals surface area contributed by atoms with Crippen LogP contribution in [0.15, 0.2) is 40.5 Å². The fourth-order valence-corrected chi connectivity index (χ4v) is 10.9. The van der Waals surface area contributed by atoms with Gasteiger partial charge in [-0.2, -0.15) is 0 Å². The molecule has 3 atom stereocenters. The molecule has 0 fully saturated rings. The molecule has 7 rings (SSSR count). The van der Waals surface area contributed by atoms with Crippen LogP contribution in [0.2, 0.25) is 0 Å². The van der Waals surface area contributed by atoms with Crippen LogP contribution in [-0.2, 0) is 111 Å². The Morgan fingerprint density at radius 1 is 0.707 bits per heavy atom. The monoisotopic (exact) mass is 1410 g/mol. The number of benzene rings is 1. The van der Waals surface area contributed by atoms with E-state index in [4.69, 9.17) is 67.6 Å². The number of hydrogen-bond acceptors (Lipinski definition) is 26. The van der Waals surface area contributed by atoms with E-state index in [9.17, 15) is 47.1 Å². The third kappa shape index (κ3) is 24.5. The molecule has 0 aliphatic carbocycles. The number of hydrogen-bond donors (Lipinski definition) is 7. The van der Waals surface area contributed by atoms with Crippen molar-refractivity contribution in [3.63, 3.8) is 0 Å². The third-order valence-electron chi connectivity index (χ3n) is 15.7. The number of nitrogens with one attached hydrogen (secondary N) is 5. The van der Waals surface area contributed by atoms with Crippen molar-refractivity contribution >= 4 is 56.2 Å². The molecule has 3 aliphatic heterocycles. The smallest absolute Gasteiger partial charge is 0.343 e. The molecular weight excluding hydrogens is 1320 g/mol. The number of nitrogens with two attached hydrogens (primary N) is 1. The molecule has 5 amide bonds. The maximum absolute atomic E-state index is 14.0. The van der Waals surface area contributed by atoms with Crippen LogP contribution in [0, 0.1) is 17.8 Å². The summed E-state index contributed by atoms with van der Waals surface area (Å²) < 4.78 is 90.6. The summed E-state index contributed by atoms with van der Waals surface area (Å²) >= 11 is 0. The first-order valence-corrected chi connectivity index (χ1v) is 35.0. The van der Waals surface area contributed by atoms with Crippen molar-refractivity contribution in [1.29, 1.82) is 0 Å². The number of ether oxygens (including phenoxy) is 12. The van der Waals surface area contributed by atoms with Crippen LogP contribution in [0.25, 0.3) is 22.3 Å². The van der Waals surface area contributed by atoms with Crippen LogP contribution >= 0.6 is 0 Å². The van der Waals surface area contributed by atoms with Crippen LogP contribution < -0.4 is 47.4 Å². The van der Waals surface area contributed by atoms with Crippen molar-refractivity contribution in [1.82, 2.24) is 46.1 Å². The summed E-state index contributed by atoms with van der Waals surface area (Å²) in [7, 11) is -3.47. The summed E-state index contributed by atoms with van der Waals surface area (Å²) in [6, 6.07) is 2.93. The average Bonchev–Trinajstić information content (AvgIpc) is 1.59. The van der Waals surface area contributed by atoms with Gasteiger partial charge in [-0.1, -0.05) is 32.6 Å². The van der Waals surface area contributed by atoms with Gasteiger partial charge in [0.05, 0.1) is 153 Å². The predicted octanol–water partition coefficient (Wildman–Crippen LogP) is -0.0236. The van der Waals surface area contributed by atoms with Gasteiger partial charge in [0.25, 0.3) is 5.56 Å². The van der Waals surface area contributed by atoms with Gasteiger partial charge in [0.15, 0.2) is 17.1 Å². The minimum absolute atomic E-state index is 0.00792. The van der Waals surface area contributed by atoms with Gasteiger partial charge in [0, 0.05) is 67.2 Å². The first-order valence-electron chi connectivity index (χ1n) is 33.1. The van der Waals surface area contributed by atoms with Gasteiger partial charge in [-0.15, -0.1) is 0 Å². The van der Waals surface area contributed by atoms with Gasteiger partial charge in [-0.3, -0.25) is 28.8 Å². The largest absolute Gasteiger partial charge is 0.458 e. The molecule has 0 saturated heterocycles. The quantitative estimate of drug-likeness (QED) is 0.0116. The zero-order valence-corrected chi connectivity index (χ0v) is 57.4. The van der Waals surface area contributed by atoms with E-state index in [1.165, 1.54) is 17.0 Å².